The van der Waals surface area contributed by atoms with Crippen LogP contribution in [0.5, 0.6) is 0 Å². The van der Waals surface area contributed by atoms with Gasteiger partial charge in [0.25, 0.3) is 0 Å². The predicted octanol–water partition coefficient (Wildman–Crippen LogP) is 0.261. The second-order valence-electron chi connectivity index (χ2n) is 5.56. The van der Waals surface area contributed by atoms with Gasteiger partial charge in [0.15, 0.2) is 0 Å². The molecule has 19 heavy (non-hydrogen) atoms. The molecule has 0 saturated carbocycles. The van der Waals surface area contributed by atoms with Gasteiger partial charge in [0.2, 0.25) is 5.91 Å². The van der Waals surface area contributed by atoms with Crippen LogP contribution in [0.1, 0.15) is 19.8 Å². The Balaban J connectivity index is 1.77. The van der Waals surface area contributed by atoms with Crippen molar-refractivity contribution >= 4 is 5.91 Å². The zero-order valence-corrected chi connectivity index (χ0v) is 12.3. The fraction of sp³-hybridized carbons (Fsp3) is 0.929. The third kappa shape index (κ3) is 3.91. The van der Waals surface area contributed by atoms with Gasteiger partial charge in [0.05, 0.1) is 13.2 Å². The van der Waals surface area contributed by atoms with Crippen LogP contribution in [-0.2, 0) is 9.53 Å². The molecule has 110 valence electrons. The number of piperazine rings is 1. The van der Waals surface area contributed by atoms with Crippen LogP contribution in [0.4, 0.5) is 0 Å². The van der Waals surface area contributed by atoms with E-state index in [0.29, 0.717) is 18.5 Å². The van der Waals surface area contributed by atoms with Crippen molar-refractivity contribution in [2.45, 2.75) is 25.8 Å². The summed E-state index contributed by atoms with van der Waals surface area (Å²) in [5.41, 5.74) is 0. The molecule has 0 spiro atoms. The Hall–Kier alpha value is -0.650. The first-order valence-electron chi connectivity index (χ1n) is 7.47. The molecule has 0 unspecified atom stereocenters. The predicted molar refractivity (Wildman–Crippen MR) is 75.2 cm³/mol. The maximum Gasteiger partial charge on any atom is 0.236 e. The molecular weight excluding hydrogens is 242 g/mol. The topological polar surface area (TPSA) is 36.0 Å². The van der Waals surface area contributed by atoms with Crippen LogP contribution < -0.4 is 0 Å². The van der Waals surface area contributed by atoms with Crippen molar-refractivity contribution in [3.8, 4) is 0 Å². The molecule has 0 aromatic heterocycles. The monoisotopic (exact) mass is 269 g/mol. The molecule has 0 bridgehead atoms. The van der Waals surface area contributed by atoms with Gasteiger partial charge >= 0.3 is 0 Å². The van der Waals surface area contributed by atoms with E-state index in [1.807, 2.05) is 4.90 Å². The van der Waals surface area contributed by atoms with Gasteiger partial charge in [0.1, 0.15) is 0 Å². The number of hydrogen-bond acceptors (Lipinski definition) is 4. The quantitative estimate of drug-likeness (QED) is 0.693. The molecule has 0 radical (unpaired) electrons. The van der Waals surface area contributed by atoms with Gasteiger partial charge in [-0.2, -0.15) is 0 Å². The van der Waals surface area contributed by atoms with Crippen LogP contribution in [0.15, 0.2) is 0 Å². The van der Waals surface area contributed by atoms with E-state index in [1.165, 1.54) is 6.42 Å². The molecule has 2 rings (SSSR count). The Bertz CT molecular complexity index is 294. The molecule has 0 N–H and O–H groups in total. The van der Waals surface area contributed by atoms with E-state index in [-0.39, 0.29) is 0 Å². The summed E-state index contributed by atoms with van der Waals surface area (Å²) in [5, 5.41) is 0. The summed E-state index contributed by atoms with van der Waals surface area (Å²) in [6.07, 6.45) is 2.31. The summed E-state index contributed by atoms with van der Waals surface area (Å²) < 4.78 is 5.17. The van der Waals surface area contributed by atoms with Crippen molar-refractivity contribution in [1.29, 1.82) is 0 Å². The first-order valence-corrected chi connectivity index (χ1v) is 7.47. The van der Waals surface area contributed by atoms with E-state index >= 15 is 0 Å². The Morgan fingerprint density at radius 2 is 2.05 bits per heavy atom. The van der Waals surface area contributed by atoms with Crippen molar-refractivity contribution in [3.05, 3.63) is 0 Å². The van der Waals surface area contributed by atoms with Gasteiger partial charge in [-0.25, -0.2) is 0 Å². The Kier molecular flexibility index (Phi) is 5.60. The number of carbonyl (C=O) groups is 1. The minimum absolute atomic E-state index is 0.312. The van der Waals surface area contributed by atoms with Crippen LogP contribution in [0, 0.1) is 0 Å². The van der Waals surface area contributed by atoms with Gasteiger partial charge in [0, 0.05) is 52.4 Å². The lowest BCUT2D eigenvalue weighted by Crippen LogP contribution is -2.56. The molecular formula is C14H27N3O2. The summed E-state index contributed by atoms with van der Waals surface area (Å²) in [5.74, 6) is 0.312. The number of rotatable bonds is 6. The van der Waals surface area contributed by atoms with Crippen LogP contribution in [-0.4, -0.2) is 86.2 Å². The van der Waals surface area contributed by atoms with Gasteiger partial charge in [-0.05, 0) is 12.8 Å². The molecule has 2 aliphatic heterocycles. The average Bonchev–Trinajstić information content (AvgIpc) is 2.34. The Labute approximate surface area is 116 Å². The number of amides is 1. The highest BCUT2D eigenvalue weighted by Gasteiger charge is 2.28. The van der Waals surface area contributed by atoms with Gasteiger partial charge in [-0.1, -0.05) is 6.92 Å². The average molecular weight is 269 g/mol. The lowest BCUT2D eigenvalue weighted by molar-refractivity contribution is -0.136. The number of carbonyl (C=O) groups excluding carboxylic acids is 1. The zero-order chi connectivity index (χ0) is 13.7. The standard InChI is InChI=1S/C14H27N3O2/c1-3-13-11-15(7-8-16(13)9-10-19-2)12-14(18)17-5-4-6-17/h13H,3-12H2,1-2H3/t13-/m0/s1. The third-order valence-electron chi connectivity index (χ3n) is 4.31. The number of hydrogen-bond donors (Lipinski definition) is 0. The summed E-state index contributed by atoms with van der Waals surface area (Å²) in [4.78, 5) is 18.8. The van der Waals surface area contributed by atoms with E-state index in [1.54, 1.807) is 7.11 Å². The molecule has 2 aliphatic rings. The van der Waals surface area contributed by atoms with Crippen molar-refractivity contribution in [2.75, 3.05) is 59.5 Å². The number of methoxy groups -OCH3 is 1. The maximum absolute atomic E-state index is 12.0. The van der Waals surface area contributed by atoms with Crippen molar-refractivity contribution in [2.24, 2.45) is 0 Å². The molecule has 2 fully saturated rings. The molecule has 2 saturated heterocycles. The van der Waals surface area contributed by atoms with Gasteiger partial charge in [-0.3, -0.25) is 14.6 Å². The SMILES string of the molecule is CC[C@H]1CN(CC(=O)N2CCC2)CCN1CCOC. The summed E-state index contributed by atoms with van der Waals surface area (Å²) >= 11 is 0. The third-order valence-corrected chi connectivity index (χ3v) is 4.31. The molecule has 1 amide bonds. The van der Waals surface area contributed by atoms with Gasteiger partial charge < -0.3 is 9.64 Å². The second kappa shape index (κ2) is 7.22. The Morgan fingerprint density at radius 1 is 1.26 bits per heavy atom. The molecule has 0 aromatic rings. The highest BCUT2D eigenvalue weighted by atomic mass is 16.5. The first kappa shape index (κ1) is 14.8. The van der Waals surface area contributed by atoms with Crippen LogP contribution >= 0.6 is 0 Å². The van der Waals surface area contributed by atoms with Crippen LogP contribution in [0.25, 0.3) is 0 Å². The fourth-order valence-electron chi connectivity index (χ4n) is 2.85. The summed E-state index contributed by atoms with van der Waals surface area (Å²) in [6.45, 7) is 9.62. The largest absolute Gasteiger partial charge is 0.383 e. The van der Waals surface area contributed by atoms with Gasteiger partial charge in [-0.15, -0.1) is 0 Å². The van der Waals surface area contributed by atoms with Crippen LogP contribution in [0.3, 0.4) is 0 Å². The first-order chi connectivity index (χ1) is 9.24. The molecule has 1 atom stereocenters. The second-order valence-corrected chi connectivity index (χ2v) is 5.56. The van der Waals surface area contributed by atoms with E-state index in [0.717, 1.165) is 52.3 Å². The maximum atomic E-state index is 12.0. The lowest BCUT2D eigenvalue weighted by atomic mass is 10.1. The van der Waals surface area contributed by atoms with E-state index in [4.69, 9.17) is 4.74 Å². The van der Waals surface area contributed by atoms with Crippen molar-refractivity contribution < 1.29 is 9.53 Å². The molecule has 0 aliphatic carbocycles. The molecule has 0 aromatic carbocycles. The highest BCUT2D eigenvalue weighted by molar-refractivity contribution is 5.78. The molecule has 5 heteroatoms. The molecule has 5 nitrogen and oxygen atoms in total. The summed E-state index contributed by atoms with van der Waals surface area (Å²) in [7, 11) is 1.75. The van der Waals surface area contributed by atoms with Crippen molar-refractivity contribution in [1.82, 2.24) is 14.7 Å². The normalized spacial score (nSPS) is 25.4. The van der Waals surface area contributed by atoms with E-state index in [2.05, 4.69) is 16.7 Å². The van der Waals surface area contributed by atoms with E-state index < -0.39 is 0 Å². The minimum Gasteiger partial charge on any atom is -0.383 e. The van der Waals surface area contributed by atoms with E-state index in [9.17, 15) is 4.79 Å². The molecule has 2 heterocycles. The number of nitrogens with zero attached hydrogens (tertiary/aromatic N) is 3. The highest BCUT2D eigenvalue weighted by Crippen LogP contribution is 2.14. The zero-order valence-electron chi connectivity index (χ0n) is 12.3. The van der Waals surface area contributed by atoms with Crippen molar-refractivity contribution in [3.63, 3.8) is 0 Å². The fourth-order valence-corrected chi connectivity index (χ4v) is 2.85. The van der Waals surface area contributed by atoms with Crippen LogP contribution in [0.2, 0.25) is 0 Å². The lowest BCUT2D eigenvalue weighted by Gasteiger charge is -2.42. The number of likely N-dealkylation sites (tertiary alicyclic amines) is 1. The minimum atomic E-state index is 0.312. The number of ether oxygens (including phenoxy) is 1. The smallest absolute Gasteiger partial charge is 0.236 e. The summed E-state index contributed by atoms with van der Waals surface area (Å²) in [6, 6.07) is 0.563. The Morgan fingerprint density at radius 3 is 2.63 bits per heavy atom.